The van der Waals surface area contributed by atoms with Gasteiger partial charge in [-0.1, -0.05) is 0 Å². The van der Waals surface area contributed by atoms with Crippen molar-refractivity contribution < 1.29 is 22.0 Å². The molecule has 0 aliphatic carbocycles. The Labute approximate surface area is 94.6 Å². The van der Waals surface area contributed by atoms with E-state index >= 15 is 0 Å². The molecule has 0 amide bonds. The molecule has 96 valence electrons. The first-order valence-corrected chi connectivity index (χ1v) is 4.78. The summed E-state index contributed by atoms with van der Waals surface area (Å²) in [7, 11) is 0. The fourth-order valence-electron chi connectivity index (χ4n) is 1.43. The summed E-state index contributed by atoms with van der Waals surface area (Å²) < 4.78 is 62.3. The molecule has 0 aromatic heterocycles. The SMILES string of the molecule is NNC(Cc1cc(F)ccc1F)CC(F)(F)F. The summed E-state index contributed by atoms with van der Waals surface area (Å²) in [4.78, 5) is 0. The molecule has 1 aromatic carbocycles. The van der Waals surface area contributed by atoms with Crippen LogP contribution in [0.25, 0.3) is 0 Å². The molecule has 0 aliphatic rings. The zero-order valence-electron chi connectivity index (χ0n) is 8.69. The van der Waals surface area contributed by atoms with Crippen molar-refractivity contribution >= 4 is 0 Å². The largest absolute Gasteiger partial charge is 0.390 e. The Bertz CT molecular complexity index is 377. The third-order valence-corrected chi connectivity index (χ3v) is 2.19. The summed E-state index contributed by atoms with van der Waals surface area (Å²) >= 11 is 0. The Balaban J connectivity index is 2.77. The van der Waals surface area contributed by atoms with Gasteiger partial charge in [0.2, 0.25) is 0 Å². The molecule has 1 rings (SSSR count). The molecule has 0 saturated heterocycles. The number of hydrazine groups is 1. The van der Waals surface area contributed by atoms with Gasteiger partial charge in [-0.2, -0.15) is 13.2 Å². The first kappa shape index (κ1) is 13.9. The third-order valence-electron chi connectivity index (χ3n) is 2.19. The Hall–Kier alpha value is -1.21. The quantitative estimate of drug-likeness (QED) is 0.491. The number of rotatable bonds is 4. The van der Waals surface area contributed by atoms with Gasteiger partial charge in [0, 0.05) is 6.04 Å². The predicted molar refractivity (Wildman–Crippen MR) is 51.8 cm³/mol. The average Bonchev–Trinajstić information content (AvgIpc) is 2.20. The van der Waals surface area contributed by atoms with Crippen LogP contribution >= 0.6 is 0 Å². The van der Waals surface area contributed by atoms with E-state index in [4.69, 9.17) is 5.84 Å². The molecule has 1 atom stereocenters. The Morgan fingerprint density at radius 1 is 1.24 bits per heavy atom. The van der Waals surface area contributed by atoms with E-state index in [-0.39, 0.29) is 12.0 Å². The highest BCUT2D eigenvalue weighted by molar-refractivity contribution is 5.19. The topological polar surface area (TPSA) is 38.0 Å². The number of nitrogens with two attached hydrogens (primary N) is 1. The number of hydrogen-bond acceptors (Lipinski definition) is 2. The lowest BCUT2D eigenvalue weighted by Gasteiger charge is -2.18. The van der Waals surface area contributed by atoms with Crippen LogP contribution in [0, 0.1) is 11.6 Å². The van der Waals surface area contributed by atoms with Gasteiger partial charge in [-0.15, -0.1) is 0 Å². The van der Waals surface area contributed by atoms with E-state index < -0.39 is 30.3 Å². The van der Waals surface area contributed by atoms with Gasteiger partial charge in [0.25, 0.3) is 0 Å². The van der Waals surface area contributed by atoms with E-state index in [0.29, 0.717) is 0 Å². The normalized spacial score (nSPS) is 13.8. The molecular weight excluding hydrogens is 243 g/mol. The zero-order chi connectivity index (χ0) is 13.1. The molecule has 2 nitrogen and oxygen atoms in total. The first-order valence-electron chi connectivity index (χ1n) is 4.78. The van der Waals surface area contributed by atoms with Gasteiger partial charge in [0.15, 0.2) is 0 Å². The number of benzene rings is 1. The summed E-state index contributed by atoms with van der Waals surface area (Å²) in [6, 6.07) is 1.43. The summed E-state index contributed by atoms with van der Waals surface area (Å²) in [6.07, 6.45) is -5.96. The maximum absolute atomic E-state index is 13.2. The second kappa shape index (κ2) is 5.42. The summed E-state index contributed by atoms with van der Waals surface area (Å²) in [5, 5.41) is 0. The van der Waals surface area contributed by atoms with E-state index in [0.717, 1.165) is 18.2 Å². The van der Waals surface area contributed by atoms with Gasteiger partial charge in [0.05, 0.1) is 6.42 Å². The van der Waals surface area contributed by atoms with Crippen LogP contribution in [-0.2, 0) is 6.42 Å². The van der Waals surface area contributed by atoms with Crippen molar-refractivity contribution in [3.05, 3.63) is 35.4 Å². The van der Waals surface area contributed by atoms with Gasteiger partial charge >= 0.3 is 6.18 Å². The van der Waals surface area contributed by atoms with Crippen molar-refractivity contribution in [3.8, 4) is 0 Å². The summed E-state index contributed by atoms with van der Waals surface area (Å²) in [6.45, 7) is 0. The highest BCUT2D eigenvalue weighted by Crippen LogP contribution is 2.23. The van der Waals surface area contributed by atoms with Gasteiger partial charge in [-0.25, -0.2) is 8.78 Å². The van der Waals surface area contributed by atoms with Crippen LogP contribution < -0.4 is 11.3 Å². The fraction of sp³-hybridized carbons (Fsp3) is 0.400. The van der Waals surface area contributed by atoms with E-state index in [9.17, 15) is 22.0 Å². The maximum Gasteiger partial charge on any atom is 0.390 e. The number of hydrogen-bond donors (Lipinski definition) is 2. The Morgan fingerprint density at radius 2 is 1.88 bits per heavy atom. The van der Waals surface area contributed by atoms with Crippen LogP contribution in [0.2, 0.25) is 0 Å². The monoisotopic (exact) mass is 254 g/mol. The van der Waals surface area contributed by atoms with Crippen molar-refractivity contribution in [1.29, 1.82) is 0 Å². The molecule has 3 N–H and O–H groups in total. The highest BCUT2D eigenvalue weighted by atomic mass is 19.4. The Kier molecular flexibility index (Phi) is 4.41. The van der Waals surface area contributed by atoms with Crippen LogP contribution in [0.1, 0.15) is 12.0 Å². The van der Waals surface area contributed by atoms with Gasteiger partial charge in [-0.05, 0) is 30.2 Å². The summed E-state index contributed by atoms with van der Waals surface area (Å²) in [5.41, 5.74) is 1.80. The molecule has 0 bridgehead atoms. The molecular formula is C10H11F5N2. The minimum Gasteiger partial charge on any atom is -0.271 e. The van der Waals surface area contributed by atoms with Crippen LogP contribution in [-0.4, -0.2) is 12.2 Å². The van der Waals surface area contributed by atoms with Gasteiger partial charge in [0.1, 0.15) is 11.6 Å². The lowest BCUT2D eigenvalue weighted by molar-refractivity contribution is -0.140. The van der Waals surface area contributed by atoms with Crippen LogP contribution in [0.4, 0.5) is 22.0 Å². The molecule has 0 heterocycles. The maximum atomic E-state index is 13.2. The first-order chi connectivity index (χ1) is 7.81. The lowest BCUT2D eigenvalue weighted by atomic mass is 10.0. The molecule has 0 saturated carbocycles. The molecule has 0 radical (unpaired) electrons. The highest BCUT2D eigenvalue weighted by Gasteiger charge is 2.31. The molecule has 0 spiro atoms. The fourth-order valence-corrected chi connectivity index (χ4v) is 1.43. The molecule has 17 heavy (non-hydrogen) atoms. The van der Waals surface area contributed by atoms with E-state index in [1.807, 2.05) is 5.43 Å². The minimum absolute atomic E-state index is 0.141. The van der Waals surface area contributed by atoms with Crippen molar-refractivity contribution in [3.63, 3.8) is 0 Å². The second-order valence-electron chi connectivity index (χ2n) is 3.62. The van der Waals surface area contributed by atoms with Crippen molar-refractivity contribution in [2.24, 2.45) is 5.84 Å². The summed E-state index contributed by atoms with van der Waals surface area (Å²) in [5.74, 6) is 3.49. The standard InChI is InChI=1S/C10H11F5N2/c11-7-1-2-9(12)6(3-7)4-8(17-16)5-10(13,14)15/h1-3,8,17H,4-5,16H2. The van der Waals surface area contributed by atoms with Crippen LogP contribution in [0.15, 0.2) is 18.2 Å². The number of nitrogens with one attached hydrogen (secondary N) is 1. The Morgan fingerprint density at radius 3 is 2.41 bits per heavy atom. The zero-order valence-corrected chi connectivity index (χ0v) is 8.69. The van der Waals surface area contributed by atoms with Crippen LogP contribution in [0.5, 0.6) is 0 Å². The second-order valence-corrected chi connectivity index (χ2v) is 3.62. The van der Waals surface area contributed by atoms with Gasteiger partial charge < -0.3 is 0 Å². The smallest absolute Gasteiger partial charge is 0.271 e. The van der Waals surface area contributed by atoms with Crippen molar-refractivity contribution in [2.75, 3.05) is 0 Å². The van der Waals surface area contributed by atoms with E-state index in [1.165, 1.54) is 0 Å². The van der Waals surface area contributed by atoms with Crippen molar-refractivity contribution in [2.45, 2.75) is 25.1 Å². The molecule has 0 aliphatic heterocycles. The molecule has 1 aromatic rings. The predicted octanol–water partition coefficient (Wildman–Crippen LogP) is 2.29. The van der Waals surface area contributed by atoms with Crippen LogP contribution in [0.3, 0.4) is 0 Å². The van der Waals surface area contributed by atoms with Crippen molar-refractivity contribution in [1.82, 2.24) is 5.43 Å². The third kappa shape index (κ3) is 4.66. The van der Waals surface area contributed by atoms with E-state index in [2.05, 4.69) is 0 Å². The molecule has 7 heteroatoms. The lowest BCUT2D eigenvalue weighted by Crippen LogP contribution is -2.40. The number of halogens is 5. The molecule has 0 fully saturated rings. The average molecular weight is 254 g/mol. The molecule has 1 unspecified atom stereocenters. The van der Waals surface area contributed by atoms with E-state index in [1.54, 1.807) is 0 Å². The van der Waals surface area contributed by atoms with Gasteiger partial charge in [-0.3, -0.25) is 11.3 Å². The number of alkyl halides is 3. The minimum atomic E-state index is -4.42.